The molecule has 0 amide bonds. The predicted octanol–water partition coefficient (Wildman–Crippen LogP) is 3.18. The van der Waals surface area contributed by atoms with Crippen LogP contribution in [0, 0.1) is 0 Å². The summed E-state index contributed by atoms with van der Waals surface area (Å²) in [6.07, 6.45) is 1.71. The number of halogens is 2. The fraction of sp³-hybridized carbons (Fsp3) is 0.538. The molecule has 114 valence electrons. The molecule has 7 heteroatoms. The second-order valence-corrected chi connectivity index (χ2v) is 6.96. The molecular formula is C13H20Cl2N2O2S. The summed E-state index contributed by atoms with van der Waals surface area (Å²) < 4.78 is 27.0. The molecule has 0 atom stereocenters. The first-order valence-corrected chi connectivity index (χ1v) is 8.84. The highest BCUT2D eigenvalue weighted by atomic mass is 35.5. The smallest absolute Gasteiger partial charge is 0.242 e. The lowest BCUT2D eigenvalue weighted by molar-refractivity contribution is 0.578. The van der Waals surface area contributed by atoms with Crippen molar-refractivity contribution in [3.05, 3.63) is 27.7 Å². The van der Waals surface area contributed by atoms with E-state index >= 15 is 0 Å². The van der Waals surface area contributed by atoms with Gasteiger partial charge in [0.1, 0.15) is 4.90 Å². The molecule has 1 rings (SSSR count). The van der Waals surface area contributed by atoms with Crippen molar-refractivity contribution in [1.82, 2.24) is 10.0 Å². The molecule has 0 aliphatic rings. The summed E-state index contributed by atoms with van der Waals surface area (Å²) in [5.74, 6) is 0. The van der Waals surface area contributed by atoms with Crippen LogP contribution in [0.25, 0.3) is 0 Å². The summed E-state index contributed by atoms with van der Waals surface area (Å²) in [5.41, 5.74) is 0.716. The van der Waals surface area contributed by atoms with Crippen molar-refractivity contribution >= 4 is 33.2 Å². The van der Waals surface area contributed by atoms with Crippen molar-refractivity contribution in [2.75, 3.05) is 13.1 Å². The van der Waals surface area contributed by atoms with Gasteiger partial charge in [-0.05, 0) is 30.7 Å². The molecule has 2 N–H and O–H groups in total. The van der Waals surface area contributed by atoms with Crippen molar-refractivity contribution in [1.29, 1.82) is 0 Å². The zero-order chi connectivity index (χ0) is 15.2. The van der Waals surface area contributed by atoms with Gasteiger partial charge in [0.25, 0.3) is 0 Å². The quantitative estimate of drug-likeness (QED) is 0.715. The van der Waals surface area contributed by atoms with E-state index in [2.05, 4.69) is 10.0 Å². The highest BCUT2D eigenvalue weighted by molar-refractivity contribution is 7.89. The minimum Gasteiger partial charge on any atom is -0.313 e. The third kappa shape index (κ3) is 4.90. The molecule has 0 saturated carbocycles. The highest BCUT2D eigenvalue weighted by Gasteiger charge is 2.19. The average Bonchev–Trinajstić information content (AvgIpc) is 2.37. The molecule has 4 nitrogen and oxygen atoms in total. The molecular weight excluding hydrogens is 319 g/mol. The van der Waals surface area contributed by atoms with Crippen LogP contribution < -0.4 is 10.0 Å². The monoisotopic (exact) mass is 338 g/mol. The van der Waals surface area contributed by atoms with Crippen LogP contribution in [0.5, 0.6) is 0 Å². The molecule has 0 saturated heterocycles. The number of unbranched alkanes of at least 4 members (excludes halogenated alkanes) is 1. The Morgan fingerprint density at radius 2 is 1.85 bits per heavy atom. The van der Waals surface area contributed by atoms with Crippen LogP contribution in [-0.2, 0) is 16.6 Å². The Bertz CT molecular complexity index is 548. The van der Waals surface area contributed by atoms with E-state index in [4.69, 9.17) is 23.2 Å². The van der Waals surface area contributed by atoms with Crippen molar-refractivity contribution in [2.45, 2.75) is 38.1 Å². The minimum atomic E-state index is -3.60. The van der Waals surface area contributed by atoms with Crippen molar-refractivity contribution in [3.8, 4) is 0 Å². The highest BCUT2D eigenvalue weighted by Crippen LogP contribution is 2.28. The van der Waals surface area contributed by atoms with Crippen molar-refractivity contribution in [2.24, 2.45) is 0 Å². The molecule has 0 unspecified atom stereocenters. The molecule has 0 spiro atoms. The maximum absolute atomic E-state index is 12.2. The zero-order valence-corrected chi connectivity index (χ0v) is 14.0. The lowest BCUT2D eigenvalue weighted by Crippen LogP contribution is -2.25. The molecule has 0 aromatic heterocycles. The Kier molecular flexibility index (Phi) is 7.26. The Balaban J connectivity index is 3.04. The lowest BCUT2D eigenvalue weighted by Gasteiger charge is -2.12. The van der Waals surface area contributed by atoms with Gasteiger partial charge in [-0.25, -0.2) is 13.1 Å². The molecule has 0 heterocycles. The van der Waals surface area contributed by atoms with E-state index in [0.29, 0.717) is 23.7 Å². The second-order valence-electron chi connectivity index (χ2n) is 4.41. The van der Waals surface area contributed by atoms with E-state index < -0.39 is 10.0 Å². The fourth-order valence-corrected chi connectivity index (χ4v) is 3.57. The summed E-state index contributed by atoms with van der Waals surface area (Å²) in [4.78, 5) is 0.0765. The number of hydrogen-bond donors (Lipinski definition) is 2. The first-order valence-electron chi connectivity index (χ1n) is 6.60. The predicted molar refractivity (Wildman–Crippen MR) is 83.9 cm³/mol. The van der Waals surface area contributed by atoms with Gasteiger partial charge in [0, 0.05) is 18.1 Å². The van der Waals surface area contributed by atoms with Crippen LogP contribution in [0.4, 0.5) is 0 Å². The SMILES string of the molecule is CCCCNS(=O)(=O)c1cc(CNCC)c(Cl)cc1Cl. The van der Waals surface area contributed by atoms with E-state index in [1.165, 1.54) is 12.1 Å². The summed E-state index contributed by atoms with van der Waals surface area (Å²) in [6.45, 7) is 5.64. The number of hydrogen-bond acceptors (Lipinski definition) is 3. The molecule has 0 aliphatic carbocycles. The van der Waals surface area contributed by atoms with Gasteiger partial charge in [0.2, 0.25) is 10.0 Å². The number of rotatable bonds is 8. The molecule has 0 bridgehead atoms. The lowest BCUT2D eigenvalue weighted by atomic mass is 10.2. The summed E-state index contributed by atoms with van der Waals surface area (Å²) in [7, 11) is -3.60. The van der Waals surface area contributed by atoms with E-state index in [-0.39, 0.29) is 9.92 Å². The topological polar surface area (TPSA) is 58.2 Å². The standard InChI is InChI=1S/C13H20Cl2N2O2S/c1-3-5-6-17-20(18,19)13-7-10(9-16-4-2)11(14)8-12(13)15/h7-8,16-17H,3-6,9H2,1-2H3. The first kappa shape index (κ1) is 17.7. The third-order valence-corrected chi connectivity index (χ3v) is 5.06. The first-order chi connectivity index (χ1) is 9.42. The normalized spacial score (nSPS) is 11.8. The summed E-state index contributed by atoms with van der Waals surface area (Å²) in [6, 6.07) is 3.01. The maximum atomic E-state index is 12.2. The van der Waals surface area contributed by atoms with Crippen molar-refractivity contribution < 1.29 is 8.42 Å². The van der Waals surface area contributed by atoms with Gasteiger partial charge in [-0.3, -0.25) is 0 Å². The molecule has 1 aromatic rings. The van der Waals surface area contributed by atoms with Crippen LogP contribution in [0.3, 0.4) is 0 Å². The largest absolute Gasteiger partial charge is 0.313 e. The van der Waals surface area contributed by atoms with E-state index in [9.17, 15) is 8.42 Å². The molecule has 20 heavy (non-hydrogen) atoms. The molecule has 0 radical (unpaired) electrons. The summed E-state index contributed by atoms with van der Waals surface area (Å²) >= 11 is 12.1. The average molecular weight is 339 g/mol. The van der Waals surface area contributed by atoms with Crippen LogP contribution in [0.15, 0.2) is 17.0 Å². The van der Waals surface area contributed by atoms with E-state index in [1.54, 1.807) is 0 Å². The summed E-state index contributed by atoms with van der Waals surface area (Å²) in [5, 5.41) is 3.71. The van der Waals surface area contributed by atoms with Gasteiger partial charge >= 0.3 is 0 Å². The number of sulfonamides is 1. The third-order valence-electron chi connectivity index (χ3n) is 2.78. The number of benzene rings is 1. The molecule has 0 fully saturated rings. The second kappa shape index (κ2) is 8.20. The van der Waals surface area contributed by atoms with E-state index in [0.717, 1.165) is 19.4 Å². The molecule has 1 aromatic carbocycles. The Morgan fingerprint density at radius 3 is 2.45 bits per heavy atom. The van der Waals surface area contributed by atoms with Gasteiger partial charge in [0.05, 0.1) is 5.02 Å². The van der Waals surface area contributed by atoms with Crippen LogP contribution in [0.1, 0.15) is 32.3 Å². The minimum absolute atomic E-state index is 0.0765. The Labute approximate surface area is 130 Å². The molecule has 0 aliphatic heterocycles. The van der Waals surface area contributed by atoms with Crippen LogP contribution in [0.2, 0.25) is 10.0 Å². The number of nitrogens with one attached hydrogen (secondary N) is 2. The fourth-order valence-electron chi connectivity index (χ4n) is 1.63. The van der Waals surface area contributed by atoms with Gasteiger partial charge in [-0.15, -0.1) is 0 Å². The van der Waals surface area contributed by atoms with Gasteiger partial charge in [0.15, 0.2) is 0 Å². The van der Waals surface area contributed by atoms with Crippen molar-refractivity contribution in [3.63, 3.8) is 0 Å². The maximum Gasteiger partial charge on any atom is 0.242 e. The van der Waals surface area contributed by atoms with Gasteiger partial charge in [-0.1, -0.05) is 43.5 Å². The van der Waals surface area contributed by atoms with E-state index in [1.807, 2.05) is 13.8 Å². The Morgan fingerprint density at radius 1 is 1.15 bits per heavy atom. The van der Waals surface area contributed by atoms with Crippen LogP contribution >= 0.6 is 23.2 Å². The zero-order valence-electron chi connectivity index (χ0n) is 11.7. The van der Waals surface area contributed by atoms with Crippen LogP contribution in [-0.4, -0.2) is 21.5 Å². The van der Waals surface area contributed by atoms with Gasteiger partial charge < -0.3 is 5.32 Å². The Hall–Kier alpha value is -0.330. The van der Waals surface area contributed by atoms with Gasteiger partial charge in [-0.2, -0.15) is 0 Å².